The molecule has 104 valence electrons. The molecule has 2 aromatic carbocycles. The molecular formula is C16H16ClNO2. The van der Waals surface area contributed by atoms with Crippen molar-refractivity contribution in [2.24, 2.45) is 0 Å². The molecule has 0 saturated heterocycles. The van der Waals surface area contributed by atoms with Crippen LogP contribution in [-0.2, 0) is 4.79 Å². The number of rotatable bonds is 4. The maximum absolute atomic E-state index is 12.1. The van der Waals surface area contributed by atoms with E-state index in [1.165, 1.54) is 0 Å². The van der Waals surface area contributed by atoms with Crippen LogP contribution < -0.4 is 10.1 Å². The molecule has 0 aliphatic carbocycles. The first-order valence-corrected chi connectivity index (χ1v) is 6.73. The van der Waals surface area contributed by atoms with Gasteiger partial charge in [0.1, 0.15) is 5.75 Å². The Hall–Kier alpha value is -2.00. The number of hydrogen-bond donors (Lipinski definition) is 1. The number of halogens is 1. The molecule has 0 bridgehead atoms. The molecule has 2 rings (SSSR count). The van der Waals surface area contributed by atoms with E-state index in [0.29, 0.717) is 10.8 Å². The van der Waals surface area contributed by atoms with Crippen LogP contribution in [0.5, 0.6) is 5.75 Å². The van der Waals surface area contributed by atoms with E-state index in [0.717, 1.165) is 11.3 Å². The van der Waals surface area contributed by atoms with Gasteiger partial charge in [0.05, 0.1) is 0 Å². The van der Waals surface area contributed by atoms with Crippen molar-refractivity contribution in [3.63, 3.8) is 0 Å². The van der Waals surface area contributed by atoms with E-state index >= 15 is 0 Å². The summed E-state index contributed by atoms with van der Waals surface area (Å²) in [5.74, 6) is 0.427. The fraction of sp³-hybridized carbons (Fsp3) is 0.188. The highest BCUT2D eigenvalue weighted by molar-refractivity contribution is 6.30. The van der Waals surface area contributed by atoms with E-state index in [1.807, 2.05) is 31.2 Å². The normalized spacial score (nSPS) is 11.8. The summed E-state index contributed by atoms with van der Waals surface area (Å²) in [6.45, 7) is 3.66. The summed E-state index contributed by atoms with van der Waals surface area (Å²) >= 11 is 5.80. The highest BCUT2D eigenvalue weighted by atomic mass is 35.5. The smallest absolute Gasteiger partial charge is 0.265 e. The zero-order chi connectivity index (χ0) is 14.5. The number of carbonyl (C=O) groups excluding carboxylic acids is 1. The molecule has 3 nitrogen and oxygen atoms in total. The lowest BCUT2D eigenvalue weighted by Crippen LogP contribution is -2.30. The van der Waals surface area contributed by atoms with Crippen molar-refractivity contribution in [2.45, 2.75) is 20.0 Å². The number of carbonyl (C=O) groups is 1. The molecule has 4 heteroatoms. The van der Waals surface area contributed by atoms with E-state index in [1.54, 1.807) is 31.2 Å². The minimum absolute atomic E-state index is 0.186. The minimum atomic E-state index is -0.587. The monoisotopic (exact) mass is 289 g/mol. The molecule has 0 heterocycles. The minimum Gasteiger partial charge on any atom is -0.481 e. The highest BCUT2D eigenvalue weighted by Gasteiger charge is 2.15. The van der Waals surface area contributed by atoms with Crippen LogP contribution in [0.15, 0.2) is 48.5 Å². The van der Waals surface area contributed by atoms with Crippen molar-refractivity contribution in [1.29, 1.82) is 0 Å². The number of amides is 1. The van der Waals surface area contributed by atoms with Gasteiger partial charge in [-0.3, -0.25) is 4.79 Å². The molecule has 20 heavy (non-hydrogen) atoms. The molecule has 0 aliphatic rings. The summed E-state index contributed by atoms with van der Waals surface area (Å²) in [4.78, 5) is 12.1. The first kappa shape index (κ1) is 14.4. The largest absolute Gasteiger partial charge is 0.481 e. The molecule has 0 saturated carbocycles. The van der Waals surface area contributed by atoms with E-state index in [2.05, 4.69) is 5.32 Å². The number of anilines is 1. The van der Waals surface area contributed by atoms with Gasteiger partial charge >= 0.3 is 0 Å². The summed E-state index contributed by atoms with van der Waals surface area (Å²) in [6, 6.07) is 14.5. The molecule has 0 fully saturated rings. The quantitative estimate of drug-likeness (QED) is 0.922. The van der Waals surface area contributed by atoms with E-state index < -0.39 is 6.10 Å². The molecular weight excluding hydrogens is 274 g/mol. The Bertz CT molecular complexity index is 596. The van der Waals surface area contributed by atoms with Gasteiger partial charge in [-0.2, -0.15) is 0 Å². The zero-order valence-corrected chi connectivity index (χ0v) is 12.1. The van der Waals surface area contributed by atoms with Gasteiger partial charge in [0, 0.05) is 10.7 Å². The molecule has 2 aromatic rings. The Morgan fingerprint density at radius 1 is 1.15 bits per heavy atom. The zero-order valence-electron chi connectivity index (χ0n) is 11.4. The van der Waals surface area contributed by atoms with Gasteiger partial charge < -0.3 is 10.1 Å². The van der Waals surface area contributed by atoms with E-state index in [-0.39, 0.29) is 5.91 Å². The third-order valence-corrected chi connectivity index (χ3v) is 3.15. The molecule has 0 aliphatic heterocycles. The number of aryl methyl sites for hydroxylation is 1. The number of nitrogens with one attached hydrogen (secondary N) is 1. The fourth-order valence-corrected chi connectivity index (χ4v) is 1.84. The Morgan fingerprint density at radius 2 is 1.80 bits per heavy atom. The fourth-order valence-electron chi connectivity index (χ4n) is 1.72. The van der Waals surface area contributed by atoms with Crippen LogP contribution in [0.2, 0.25) is 5.02 Å². The summed E-state index contributed by atoms with van der Waals surface area (Å²) in [6.07, 6.45) is -0.587. The van der Waals surface area contributed by atoms with Crippen LogP contribution in [0.4, 0.5) is 5.69 Å². The Balaban J connectivity index is 1.99. The van der Waals surface area contributed by atoms with Crippen molar-refractivity contribution in [2.75, 3.05) is 5.32 Å². The number of para-hydroxylation sites is 1. The van der Waals surface area contributed by atoms with Gasteiger partial charge in [-0.15, -0.1) is 0 Å². The van der Waals surface area contributed by atoms with Crippen molar-refractivity contribution < 1.29 is 9.53 Å². The highest BCUT2D eigenvalue weighted by Crippen LogP contribution is 2.18. The maximum Gasteiger partial charge on any atom is 0.265 e. The lowest BCUT2D eigenvalue weighted by Gasteiger charge is -2.15. The molecule has 0 unspecified atom stereocenters. The van der Waals surface area contributed by atoms with Crippen LogP contribution in [0.25, 0.3) is 0 Å². The molecule has 1 amide bonds. The molecule has 0 spiro atoms. The maximum atomic E-state index is 12.1. The third-order valence-electron chi connectivity index (χ3n) is 2.90. The summed E-state index contributed by atoms with van der Waals surface area (Å²) in [5, 5.41) is 3.49. The van der Waals surface area contributed by atoms with E-state index in [4.69, 9.17) is 16.3 Å². The van der Waals surface area contributed by atoms with Gasteiger partial charge in [-0.05, 0) is 49.7 Å². The van der Waals surface area contributed by atoms with Crippen molar-refractivity contribution >= 4 is 23.2 Å². The summed E-state index contributed by atoms with van der Waals surface area (Å²) in [5.41, 5.74) is 1.81. The Kier molecular flexibility index (Phi) is 4.64. The first-order chi connectivity index (χ1) is 9.56. The second-order valence-electron chi connectivity index (χ2n) is 4.52. The SMILES string of the molecule is Cc1ccccc1NC(=O)[C@@H](C)Oc1ccc(Cl)cc1. The van der Waals surface area contributed by atoms with Gasteiger partial charge in [0.25, 0.3) is 5.91 Å². The van der Waals surface area contributed by atoms with Crippen LogP contribution in [0, 0.1) is 6.92 Å². The average Bonchev–Trinajstić information content (AvgIpc) is 2.44. The predicted octanol–water partition coefficient (Wildman–Crippen LogP) is 4.05. The van der Waals surface area contributed by atoms with Gasteiger partial charge in [0.15, 0.2) is 6.10 Å². The summed E-state index contributed by atoms with van der Waals surface area (Å²) in [7, 11) is 0. The van der Waals surface area contributed by atoms with Crippen molar-refractivity contribution in [3.05, 3.63) is 59.1 Å². The number of benzene rings is 2. The second-order valence-corrected chi connectivity index (χ2v) is 4.95. The van der Waals surface area contributed by atoms with Gasteiger partial charge in [-0.25, -0.2) is 0 Å². The topological polar surface area (TPSA) is 38.3 Å². The second kappa shape index (κ2) is 6.44. The predicted molar refractivity (Wildman–Crippen MR) is 81.4 cm³/mol. The first-order valence-electron chi connectivity index (χ1n) is 6.35. The van der Waals surface area contributed by atoms with Crippen LogP contribution in [0.3, 0.4) is 0 Å². The molecule has 1 N–H and O–H groups in total. The standard InChI is InChI=1S/C16H16ClNO2/c1-11-5-3-4-6-15(11)18-16(19)12(2)20-14-9-7-13(17)8-10-14/h3-10,12H,1-2H3,(H,18,19)/t12-/m1/s1. The van der Waals surface area contributed by atoms with Crippen LogP contribution in [-0.4, -0.2) is 12.0 Å². The van der Waals surface area contributed by atoms with Gasteiger partial charge in [0.2, 0.25) is 0 Å². The summed E-state index contributed by atoms with van der Waals surface area (Å²) < 4.78 is 5.57. The lowest BCUT2D eigenvalue weighted by molar-refractivity contribution is -0.122. The number of ether oxygens (including phenoxy) is 1. The lowest BCUT2D eigenvalue weighted by atomic mass is 10.2. The number of hydrogen-bond acceptors (Lipinski definition) is 2. The average molecular weight is 290 g/mol. The van der Waals surface area contributed by atoms with E-state index in [9.17, 15) is 4.79 Å². The van der Waals surface area contributed by atoms with Gasteiger partial charge in [-0.1, -0.05) is 29.8 Å². The molecule has 0 aromatic heterocycles. The Morgan fingerprint density at radius 3 is 2.45 bits per heavy atom. The van der Waals surface area contributed by atoms with Crippen LogP contribution in [0.1, 0.15) is 12.5 Å². The van der Waals surface area contributed by atoms with Crippen molar-refractivity contribution in [1.82, 2.24) is 0 Å². The third kappa shape index (κ3) is 3.75. The Labute approximate surface area is 123 Å². The van der Waals surface area contributed by atoms with Crippen molar-refractivity contribution in [3.8, 4) is 5.75 Å². The molecule has 1 atom stereocenters. The molecule has 0 radical (unpaired) electrons. The van der Waals surface area contributed by atoms with Crippen LogP contribution >= 0.6 is 11.6 Å².